The Kier molecular flexibility index (Phi) is 4.16. The van der Waals surface area contributed by atoms with Crippen LogP contribution in [0.2, 0.25) is 5.15 Å². The Morgan fingerprint density at radius 1 is 1.72 bits per heavy atom. The lowest BCUT2D eigenvalue weighted by Crippen LogP contribution is -2.45. The Morgan fingerprint density at radius 3 is 3.17 bits per heavy atom. The van der Waals surface area contributed by atoms with Crippen molar-refractivity contribution >= 4 is 17.5 Å². The average molecular weight is 271 g/mol. The Morgan fingerprint density at radius 2 is 2.56 bits per heavy atom. The summed E-state index contributed by atoms with van der Waals surface area (Å²) in [7, 11) is 1.63. The van der Waals surface area contributed by atoms with Crippen molar-refractivity contribution in [2.24, 2.45) is 0 Å². The molecule has 1 fully saturated rings. The molecule has 1 aliphatic rings. The zero-order chi connectivity index (χ0) is 13.0. The summed E-state index contributed by atoms with van der Waals surface area (Å²) in [6.45, 7) is 1.58. The van der Waals surface area contributed by atoms with Crippen LogP contribution in [0, 0.1) is 0 Å². The maximum atomic E-state index is 11.9. The second kappa shape index (κ2) is 5.65. The van der Waals surface area contributed by atoms with Gasteiger partial charge < -0.3 is 14.8 Å². The number of amides is 1. The Hall–Kier alpha value is -1.17. The number of ether oxygens (including phenoxy) is 2. The summed E-state index contributed by atoms with van der Waals surface area (Å²) < 4.78 is 10.7. The highest BCUT2D eigenvalue weighted by Gasteiger charge is 2.35. The van der Waals surface area contributed by atoms with Gasteiger partial charge in [0.25, 0.3) is 5.91 Å². The summed E-state index contributed by atoms with van der Waals surface area (Å²) in [5.74, 6) is -0.192. The third kappa shape index (κ3) is 2.98. The lowest BCUT2D eigenvalue weighted by molar-refractivity contribution is -0.0148. The molecule has 1 aromatic rings. The fourth-order valence-corrected chi connectivity index (χ4v) is 2.02. The van der Waals surface area contributed by atoms with Gasteiger partial charge >= 0.3 is 0 Å². The maximum absolute atomic E-state index is 11.9. The predicted octanol–water partition coefficient (Wildman–Crippen LogP) is 1.27. The van der Waals surface area contributed by atoms with Crippen LogP contribution in [0.5, 0.6) is 0 Å². The van der Waals surface area contributed by atoms with Crippen molar-refractivity contribution in [2.45, 2.75) is 12.0 Å². The molecule has 18 heavy (non-hydrogen) atoms. The number of rotatable bonds is 4. The zero-order valence-electron chi connectivity index (χ0n) is 10.1. The molecule has 0 aliphatic carbocycles. The smallest absolute Gasteiger partial charge is 0.251 e. The molecule has 1 saturated heterocycles. The molecule has 0 spiro atoms. The van der Waals surface area contributed by atoms with Crippen molar-refractivity contribution in [2.75, 3.05) is 26.9 Å². The number of halogens is 1. The lowest BCUT2D eigenvalue weighted by atomic mass is 10.0. The molecule has 0 radical (unpaired) electrons. The number of hydrogen-bond acceptors (Lipinski definition) is 4. The topological polar surface area (TPSA) is 60.5 Å². The molecule has 0 aromatic carbocycles. The van der Waals surface area contributed by atoms with Gasteiger partial charge in [0.05, 0.1) is 6.61 Å². The number of aromatic nitrogens is 1. The van der Waals surface area contributed by atoms with Crippen LogP contribution in [-0.2, 0) is 9.47 Å². The molecule has 98 valence electrons. The second-order valence-electron chi connectivity index (χ2n) is 4.24. The maximum Gasteiger partial charge on any atom is 0.251 e. The van der Waals surface area contributed by atoms with Crippen LogP contribution >= 0.6 is 11.6 Å². The van der Waals surface area contributed by atoms with Crippen molar-refractivity contribution in [3.63, 3.8) is 0 Å². The minimum absolute atomic E-state index is 0.192. The van der Waals surface area contributed by atoms with Gasteiger partial charge in [0.2, 0.25) is 0 Å². The molecule has 1 unspecified atom stereocenters. The van der Waals surface area contributed by atoms with Crippen molar-refractivity contribution < 1.29 is 14.3 Å². The lowest BCUT2D eigenvalue weighted by Gasteiger charge is -2.25. The third-order valence-electron chi connectivity index (χ3n) is 3.06. The number of pyridine rings is 1. The van der Waals surface area contributed by atoms with Crippen LogP contribution in [0.4, 0.5) is 0 Å². The van der Waals surface area contributed by atoms with Gasteiger partial charge in [0, 0.05) is 38.4 Å². The summed E-state index contributed by atoms with van der Waals surface area (Å²) in [6, 6.07) is 3.15. The summed E-state index contributed by atoms with van der Waals surface area (Å²) in [5, 5.41) is 3.13. The highest BCUT2D eigenvalue weighted by atomic mass is 35.5. The molecule has 1 aliphatic heterocycles. The van der Waals surface area contributed by atoms with E-state index in [1.54, 1.807) is 13.2 Å². The van der Waals surface area contributed by atoms with Gasteiger partial charge in [-0.1, -0.05) is 11.6 Å². The minimum Gasteiger partial charge on any atom is -0.378 e. The zero-order valence-corrected chi connectivity index (χ0v) is 10.9. The summed E-state index contributed by atoms with van der Waals surface area (Å²) in [4.78, 5) is 15.7. The van der Waals surface area contributed by atoms with Crippen LogP contribution < -0.4 is 5.32 Å². The van der Waals surface area contributed by atoms with E-state index in [1.807, 2.05) is 0 Å². The van der Waals surface area contributed by atoms with Crippen LogP contribution in [0.3, 0.4) is 0 Å². The number of carbonyl (C=O) groups is 1. The van der Waals surface area contributed by atoms with E-state index < -0.39 is 5.60 Å². The number of nitrogens with one attached hydrogen (secondary N) is 1. The van der Waals surface area contributed by atoms with Gasteiger partial charge in [0.15, 0.2) is 0 Å². The van der Waals surface area contributed by atoms with Gasteiger partial charge in [-0.2, -0.15) is 0 Å². The number of carbonyl (C=O) groups excluding carboxylic acids is 1. The van der Waals surface area contributed by atoms with Crippen LogP contribution in [0.25, 0.3) is 0 Å². The van der Waals surface area contributed by atoms with E-state index >= 15 is 0 Å². The number of hydrogen-bond donors (Lipinski definition) is 1. The van der Waals surface area contributed by atoms with E-state index in [2.05, 4.69) is 10.3 Å². The van der Waals surface area contributed by atoms with E-state index in [0.717, 1.165) is 6.42 Å². The Labute approximate surface area is 110 Å². The second-order valence-corrected chi connectivity index (χ2v) is 4.63. The van der Waals surface area contributed by atoms with Gasteiger partial charge in [-0.05, 0) is 12.1 Å². The molecule has 0 bridgehead atoms. The number of nitrogens with zero attached hydrogens (tertiary/aromatic N) is 1. The highest BCUT2D eigenvalue weighted by Crippen LogP contribution is 2.21. The highest BCUT2D eigenvalue weighted by molar-refractivity contribution is 6.29. The Bertz CT molecular complexity index is 433. The van der Waals surface area contributed by atoms with Crippen molar-refractivity contribution in [1.29, 1.82) is 0 Å². The molecule has 1 atom stereocenters. The number of methoxy groups -OCH3 is 1. The van der Waals surface area contributed by atoms with Crippen molar-refractivity contribution in [3.8, 4) is 0 Å². The molecule has 2 heterocycles. The van der Waals surface area contributed by atoms with E-state index in [4.69, 9.17) is 21.1 Å². The average Bonchev–Trinajstić information content (AvgIpc) is 2.85. The van der Waals surface area contributed by atoms with Crippen molar-refractivity contribution in [1.82, 2.24) is 10.3 Å². The molecule has 5 nitrogen and oxygen atoms in total. The fourth-order valence-electron chi connectivity index (χ4n) is 1.85. The largest absolute Gasteiger partial charge is 0.378 e. The van der Waals surface area contributed by atoms with E-state index in [0.29, 0.717) is 30.5 Å². The molecule has 1 N–H and O–H groups in total. The standard InChI is InChI=1S/C12H15ClN2O3/c1-17-12(3-5-18-8-12)7-15-11(16)9-2-4-14-10(13)6-9/h2,4,6H,3,5,7-8H2,1H3,(H,15,16). The summed E-state index contributed by atoms with van der Waals surface area (Å²) >= 11 is 5.74. The van der Waals surface area contributed by atoms with E-state index in [-0.39, 0.29) is 5.91 Å². The molecule has 6 heteroatoms. The first kappa shape index (κ1) is 13.3. The molecule has 2 rings (SSSR count). The third-order valence-corrected chi connectivity index (χ3v) is 3.27. The van der Waals surface area contributed by atoms with E-state index in [9.17, 15) is 4.79 Å². The normalized spacial score (nSPS) is 23.0. The summed E-state index contributed by atoms with van der Waals surface area (Å²) in [6.07, 6.45) is 2.28. The van der Waals surface area contributed by atoms with Gasteiger partial charge in [-0.25, -0.2) is 4.98 Å². The fraction of sp³-hybridized carbons (Fsp3) is 0.500. The molecule has 1 aromatic heterocycles. The molecule has 0 saturated carbocycles. The first-order chi connectivity index (χ1) is 8.65. The SMILES string of the molecule is COC1(CNC(=O)c2ccnc(Cl)c2)CCOC1. The van der Waals surface area contributed by atoms with Gasteiger partial charge in [-0.3, -0.25) is 4.79 Å². The Balaban J connectivity index is 1.96. The molecular formula is C12H15ClN2O3. The van der Waals surface area contributed by atoms with Gasteiger partial charge in [0.1, 0.15) is 10.8 Å². The summed E-state index contributed by atoms with van der Waals surface area (Å²) in [5.41, 5.74) is 0.0760. The first-order valence-corrected chi connectivity index (χ1v) is 6.06. The van der Waals surface area contributed by atoms with Crippen LogP contribution in [0.1, 0.15) is 16.8 Å². The van der Waals surface area contributed by atoms with E-state index in [1.165, 1.54) is 12.3 Å². The molecule has 1 amide bonds. The minimum atomic E-state index is -0.410. The van der Waals surface area contributed by atoms with Crippen LogP contribution in [0.15, 0.2) is 18.3 Å². The first-order valence-electron chi connectivity index (χ1n) is 5.68. The monoisotopic (exact) mass is 270 g/mol. The predicted molar refractivity (Wildman–Crippen MR) is 66.8 cm³/mol. The molecular weight excluding hydrogens is 256 g/mol. The van der Waals surface area contributed by atoms with Crippen LogP contribution in [-0.4, -0.2) is 43.4 Å². The van der Waals surface area contributed by atoms with Gasteiger partial charge in [-0.15, -0.1) is 0 Å². The quantitative estimate of drug-likeness (QED) is 0.837. The van der Waals surface area contributed by atoms with Crippen molar-refractivity contribution in [3.05, 3.63) is 29.0 Å².